The molecule has 6 heteroatoms. The van der Waals surface area contributed by atoms with E-state index in [-0.39, 0.29) is 18.8 Å². The summed E-state index contributed by atoms with van der Waals surface area (Å²) in [5.74, 6) is 3.22. The summed E-state index contributed by atoms with van der Waals surface area (Å²) in [6, 6.07) is 5.00. The van der Waals surface area contributed by atoms with Crippen LogP contribution in [0.4, 0.5) is 0 Å². The van der Waals surface area contributed by atoms with Crippen molar-refractivity contribution >= 4 is 10.1 Å². The lowest BCUT2D eigenvalue weighted by Crippen LogP contribution is -2.09. The maximum atomic E-state index is 10.5. The normalized spacial score (nSPS) is 10.7. The minimum Gasteiger partial charge on any atom is -0.497 e. The van der Waals surface area contributed by atoms with E-state index in [9.17, 15) is 8.42 Å². The highest BCUT2D eigenvalue weighted by atomic mass is 32.2. The molecule has 1 N–H and O–H groups in total. The van der Waals surface area contributed by atoms with E-state index < -0.39 is 10.1 Å². The number of hydrogen-bond donors (Lipinski definition) is 1. The molecule has 0 aliphatic carbocycles. The summed E-state index contributed by atoms with van der Waals surface area (Å²) in [6.07, 6.45) is 5.52. The smallest absolute Gasteiger partial charge is 0.264 e. The molecule has 0 spiro atoms. The zero-order valence-corrected chi connectivity index (χ0v) is 10.7. The predicted octanol–water partition coefficient (Wildman–Crippen LogP) is 1.33. The Bertz CT molecular complexity index is 542. The molecule has 0 aliphatic rings. The van der Waals surface area contributed by atoms with Gasteiger partial charge in [0.25, 0.3) is 10.1 Å². The molecule has 0 saturated carbocycles. The third kappa shape index (κ3) is 4.65. The maximum absolute atomic E-state index is 10.5. The topological polar surface area (TPSA) is 72.8 Å². The van der Waals surface area contributed by atoms with Crippen LogP contribution in [0.3, 0.4) is 0 Å². The van der Waals surface area contributed by atoms with Crippen molar-refractivity contribution in [1.82, 2.24) is 0 Å². The Morgan fingerprint density at radius 1 is 1.44 bits per heavy atom. The van der Waals surface area contributed by atoms with Crippen molar-refractivity contribution in [2.45, 2.75) is 6.42 Å². The van der Waals surface area contributed by atoms with Crippen molar-refractivity contribution in [2.24, 2.45) is 0 Å². The van der Waals surface area contributed by atoms with Crippen LogP contribution in [0.25, 0.3) is 0 Å². The van der Waals surface area contributed by atoms with Crippen LogP contribution < -0.4 is 9.47 Å². The molecule has 0 aliphatic heterocycles. The molecule has 0 unspecified atom stereocenters. The van der Waals surface area contributed by atoms with E-state index in [0.29, 0.717) is 17.1 Å². The molecule has 0 radical (unpaired) electrons. The largest absolute Gasteiger partial charge is 0.497 e. The van der Waals surface area contributed by atoms with E-state index >= 15 is 0 Å². The molecule has 0 bridgehead atoms. The Hall–Kier alpha value is -1.71. The van der Waals surface area contributed by atoms with E-state index in [1.165, 1.54) is 7.11 Å². The zero-order chi connectivity index (χ0) is 13.6. The molecular weight excluding hydrogens is 256 g/mol. The fraction of sp³-hybridized carbons (Fsp3) is 0.333. The molecule has 0 saturated heterocycles. The standard InChI is InChI=1S/C12H14O5S/c1-3-10-9-11(16-2)5-6-12(10)17-7-4-8-18(13,14)15/h1,5-6,9H,4,7-8H2,2H3,(H,13,14,15). The first-order valence-electron chi connectivity index (χ1n) is 5.19. The maximum Gasteiger partial charge on any atom is 0.264 e. The molecule has 5 nitrogen and oxygen atoms in total. The molecular formula is C12H14O5S. The average molecular weight is 270 g/mol. The summed E-state index contributed by atoms with van der Waals surface area (Å²) in [4.78, 5) is 0. The zero-order valence-electron chi connectivity index (χ0n) is 9.92. The van der Waals surface area contributed by atoms with Crippen LogP contribution in [0, 0.1) is 12.3 Å². The SMILES string of the molecule is C#Cc1cc(OC)ccc1OCCCS(=O)(=O)O. The quantitative estimate of drug-likeness (QED) is 0.479. The second kappa shape index (κ2) is 6.28. The Kier molecular flexibility index (Phi) is 5.01. The van der Waals surface area contributed by atoms with Gasteiger partial charge in [-0.1, -0.05) is 5.92 Å². The lowest BCUT2D eigenvalue weighted by molar-refractivity contribution is 0.314. The van der Waals surface area contributed by atoms with Crippen LogP contribution >= 0.6 is 0 Å². The van der Waals surface area contributed by atoms with Gasteiger partial charge in [0.2, 0.25) is 0 Å². The van der Waals surface area contributed by atoms with Gasteiger partial charge in [0, 0.05) is 0 Å². The van der Waals surface area contributed by atoms with Crippen LogP contribution in [0.5, 0.6) is 11.5 Å². The van der Waals surface area contributed by atoms with E-state index in [4.69, 9.17) is 20.4 Å². The van der Waals surface area contributed by atoms with Crippen LogP contribution in [-0.2, 0) is 10.1 Å². The van der Waals surface area contributed by atoms with Crippen molar-refractivity contribution in [1.29, 1.82) is 0 Å². The van der Waals surface area contributed by atoms with Gasteiger partial charge >= 0.3 is 0 Å². The van der Waals surface area contributed by atoms with Crippen LogP contribution in [0.2, 0.25) is 0 Å². The molecule has 0 amide bonds. The first-order valence-corrected chi connectivity index (χ1v) is 6.80. The predicted molar refractivity (Wildman–Crippen MR) is 67.5 cm³/mol. The first-order chi connectivity index (χ1) is 8.46. The van der Waals surface area contributed by atoms with Crippen LogP contribution in [0.1, 0.15) is 12.0 Å². The summed E-state index contributed by atoms with van der Waals surface area (Å²) in [7, 11) is -2.42. The highest BCUT2D eigenvalue weighted by molar-refractivity contribution is 7.85. The lowest BCUT2D eigenvalue weighted by atomic mass is 10.2. The Morgan fingerprint density at radius 3 is 2.72 bits per heavy atom. The molecule has 0 fully saturated rings. The summed E-state index contributed by atoms with van der Waals surface area (Å²) >= 11 is 0. The Labute approximate surface area is 106 Å². The summed E-state index contributed by atoms with van der Waals surface area (Å²) < 4.78 is 39.9. The molecule has 18 heavy (non-hydrogen) atoms. The Morgan fingerprint density at radius 2 is 2.17 bits per heavy atom. The monoisotopic (exact) mass is 270 g/mol. The third-order valence-corrected chi connectivity index (χ3v) is 2.95. The molecule has 98 valence electrons. The summed E-state index contributed by atoms with van der Waals surface area (Å²) in [6.45, 7) is 0.154. The highest BCUT2D eigenvalue weighted by Crippen LogP contribution is 2.23. The fourth-order valence-electron chi connectivity index (χ4n) is 1.30. The third-order valence-electron chi connectivity index (χ3n) is 2.15. The van der Waals surface area contributed by atoms with Gasteiger partial charge in [-0.05, 0) is 24.6 Å². The van der Waals surface area contributed by atoms with Gasteiger partial charge in [-0.3, -0.25) is 4.55 Å². The van der Waals surface area contributed by atoms with Gasteiger partial charge in [0.15, 0.2) is 0 Å². The highest BCUT2D eigenvalue weighted by Gasteiger charge is 2.06. The van der Waals surface area contributed by atoms with Gasteiger partial charge in [0.05, 0.1) is 25.0 Å². The van der Waals surface area contributed by atoms with Crippen molar-refractivity contribution in [3.05, 3.63) is 23.8 Å². The number of terminal acetylenes is 1. The number of ether oxygens (including phenoxy) is 2. The molecule has 0 heterocycles. The lowest BCUT2D eigenvalue weighted by Gasteiger charge is -2.09. The number of methoxy groups -OCH3 is 1. The van der Waals surface area contributed by atoms with Crippen LogP contribution in [0.15, 0.2) is 18.2 Å². The van der Waals surface area contributed by atoms with Crippen molar-refractivity contribution in [2.75, 3.05) is 19.5 Å². The first kappa shape index (κ1) is 14.4. The van der Waals surface area contributed by atoms with Gasteiger partial charge in [-0.15, -0.1) is 6.42 Å². The average Bonchev–Trinajstić information content (AvgIpc) is 2.33. The second-order valence-corrected chi connectivity index (χ2v) is 5.07. The van der Waals surface area contributed by atoms with E-state index in [2.05, 4.69) is 5.92 Å². The molecule has 1 aromatic rings. The van der Waals surface area contributed by atoms with Crippen molar-refractivity contribution < 1.29 is 22.4 Å². The second-order valence-electron chi connectivity index (χ2n) is 3.49. The van der Waals surface area contributed by atoms with Gasteiger partial charge in [0.1, 0.15) is 11.5 Å². The van der Waals surface area contributed by atoms with E-state index in [0.717, 1.165) is 0 Å². The summed E-state index contributed by atoms with van der Waals surface area (Å²) in [5.41, 5.74) is 0.529. The molecule has 0 atom stereocenters. The number of hydrogen-bond acceptors (Lipinski definition) is 4. The fourth-order valence-corrected chi connectivity index (χ4v) is 1.78. The number of benzene rings is 1. The molecule has 0 aromatic heterocycles. The van der Waals surface area contributed by atoms with E-state index in [1.807, 2.05) is 0 Å². The minimum atomic E-state index is -3.95. The summed E-state index contributed by atoms with van der Waals surface area (Å²) in [5, 5.41) is 0. The van der Waals surface area contributed by atoms with Crippen molar-refractivity contribution in [3.8, 4) is 23.8 Å². The van der Waals surface area contributed by atoms with Gasteiger partial charge in [-0.25, -0.2) is 0 Å². The van der Waals surface area contributed by atoms with Crippen molar-refractivity contribution in [3.63, 3.8) is 0 Å². The Balaban J connectivity index is 2.60. The van der Waals surface area contributed by atoms with Crippen LogP contribution in [-0.4, -0.2) is 32.4 Å². The molecule has 1 rings (SSSR count). The minimum absolute atomic E-state index is 0.154. The van der Waals surface area contributed by atoms with Gasteiger partial charge in [-0.2, -0.15) is 8.42 Å². The van der Waals surface area contributed by atoms with Gasteiger partial charge < -0.3 is 9.47 Å². The van der Waals surface area contributed by atoms with E-state index in [1.54, 1.807) is 18.2 Å². The molecule has 1 aromatic carbocycles. The number of rotatable bonds is 6.